The quantitative estimate of drug-likeness (QED) is 0.455. The lowest BCUT2D eigenvalue weighted by Gasteiger charge is -2.30. The van der Waals surface area contributed by atoms with Gasteiger partial charge in [-0.15, -0.1) is 0 Å². The van der Waals surface area contributed by atoms with Gasteiger partial charge in [0, 0.05) is 50.5 Å². The molecule has 2 aliphatic rings. The highest BCUT2D eigenvalue weighted by Crippen LogP contribution is 2.24. The van der Waals surface area contributed by atoms with E-state index in [-0.39, 0.29) is 0 Å². The molecule has 0 amide bonds. The number of nitrogens with one attached hydrogen (secondary N) is 1. The fourth-order valence-corrected chi connectivity index (χ4v) is 2.81. The molecule has 134 valence electrons. The predicted octanol–water partition coefficient (Wildman–Crippen LogP) is -0.767. The molecule has 0 radical (unpaired) electrons. The Balaban J connectivity index is 1.57. The topological polar surface area (TPSA) is 105 Å². The summed E-state index contributed by atoms with van der Waals surface area (Å²) in [5, 5.41) is 9.49. The van der Waals surface area contributed by atoms with Crippen LogP contribution in [0.1, 0.15) is 0 Å². The molecule has 0 spiro atoms. The Bertz CT molecular complexity index is 527. The highest BCUT2D eigenvalue weighted by atomic mass is 16.6. The zero-order valence-corrected chi connectivity index (χ0v) is 13.7. The van der Waals surface area contributed by atoms with Gasteiger partial charge in [0.2, 0.25) is 5.88 Å². The van der Waals surface area contributed by atoms with Crippen molar-refractivity contribution in [3.63, 3.8) is 0 Å². The van der Waals surface area contributed by atoms with Crippen molar-refractivity contribution in [1.29, 1.82) is 0 Å². The third kappa shape index (κ3) is 4.68. The summed E-state index contributed by atoms with van der Waals surface area (Å²) in [6.07, 6.45) is -0.713. The Labute approximate surface area is 141 Å². The molecule has 24 heavy (non-hydrogen) atoms. The molecule has 2 saturated heterocycles. The average Bonchev–Trinajstić information content (AvgIpc) is 2.62. The number of β-amino-alcohol motifs (C(OH)–C–C–N with tert-alkyl or cyclic N) is 1. The lowest BCUT2D eigenvalue weighted by atomic mass is 10.3. The molecule has 0 saturated carbocycles. The summed E-state index contributed by atoms with van der Waals surface area (Å²) in [6, 6.07) is 3.82. The van der Waals surface area contributed by atoms with Gasteiger partial charge in [0.25, 0.3) is 0 Å². The molecule has 2 fully saturated rings. The largest absolute Gasteiger partial charge is 0.476 e. The average molecular weight is 339 g/mol. The maximum absolute atomic E-state index is 9.49. The van der Waals surface area contributed by atoms with E-state index < -0.39 is 6.29 Å². The van der Waals surface area contributed by atoms with E-state index in [0.717, 1.165) is 25.3 Å². The molecule has 0 bridgehead atoms. The molecule has 1 unspecified atom stereocenters. The fraction of sp³-hybridized carbons (Fsp3) is 0.667. The molecule has 3 heterocycles. The second kappa shape index (κ2) is 8.45. The number of morpholine rings is 2. The molecule has 1 aromatic rings. The van der Waals surface area contributed by atoms with E-state index in [9.17, 15) is 5.11 Å². The minimum Gasteiger partial charge on any atom is -0.476 e. The maximum Gasteiger partial charge on any atom is 0.217 e. The number of ether oxygens (including phenoxy) is 3. The van der Waals surface area contributed by atoms with Crippen LogP contribution in [0, 0.1) is 0 Å². The van der Waals surface area contributed by atoms with Gasteiger partial charge in [0.1, 0.15) is 12.4 Å². The van der Waals surface area contributed by atoms with Crippen LogP contribution in [0.4, 0.5) is 11.5 Å². The molecule has 9 nitrogen and oxygen atoms in total. The number of hydrogen-bond acceptors (Lipinski definition) is 9. The fourth-order valence-electron chi connectivity index (χ4n) is 2.81. The molecular weight excluding hydrogens is 314 g/mol. The molecule has 9 heteroatoms. The number of nitrogens with zero attached hydrogens (tertiary/aromatic N) is 3. The van der Waals surface area contributed by atoms with Crippen LogP contribution in [0.3, 0.4) is 0 Å². The molecule has 1 atom stereocenters. The number of nitrogens with two attached hydrogens (primary N) is 1. The van der Waals surface area contributed by atoms with Crippen LogP contribution in [0.15, 0.2) is 12.1 Å². The number of aliphatic hydroxyl groups is 1. The van der Waals surface area contributed by atoms with E-state index in [2.05, 4.69) is 20.2 Å². The monoisotopic (exact) mass is 339 g/mol. The molecule has 4 N–H and O–H groups in total. The van der Waals surface area contributed by atoms with E-state index in [0.29, 0.717) is 51.2 Å². The highest BCUT2D eigenvalue weighted by molar-refractivity contribution is 5.56. The number of aromatic nitrogens is 1. The summed E-state index contributed by atoms with van der Waals surface area (Å²) in [5.74, 6) is 6.61. The van der Waals surface area contributed by atoms with Crippen LogP contribution in [0.5, 0.6) is 5.88 Å². The summed E-state index contributed by atoms with van der Waals surface area (Å²) >= 11 is 0. The molecular formula is C15H25N5O4. The molecule has 0 aliphatic carbocycles. The number of rotatable bonds is 6. The number of nitrogen functional groups attached to an aromatic ring is 1. The minimum absolute atomic E-state index is 0.482. The van der Waals surface area contributed by atoms with E-state index in [1.54, 1.807) is 0 Å². The Morgan fingerprint density at radius 3 is 2.88 bits per heavy atom. The van der Waals surface area contributed by atoms with E-state index in [1.165, 1.54) is 0 Å². The van der Waals surface area contributed by atoms with Crippen LogP contribution < -0.4 is 20.9 Å². The Morgan fingerprint density at radius 2 is 2.12 bits per heavy atom. The van der Waals surface area contributed by atoms with Crippen molar-refractivity contribution in [1.82, 2.24) is 9.88 Å². The van der Waals surface area contributed by atoms with Crippen molar-refractivity contribution in [3.05, 3.63) is 12.1 Å². The standard InChI is InChI=1S/C15H25N5O4/c16-18-13-9-12(20-3-5-22-6-4-20)10-14(17-13)23-7-1-19-2-8-24-15(21)11-19/h9-10,15,21H,1-8,11,16H2,(H,17,18). The maximum atomic E-state index is 9.49. The number of hydrazine groups is 1. The first-order valence-corrected chi connectivity index (χ1v) is 8.21. The van der Waals surface area contributed by atoms with Gasteiger partial charge in [-0.3, -0.25) is 4.90 Å². The van der Waals surface area contributed by atoms with Crippen molar-refractivity contribution in [3.8, 4) is 5.88 Å². The highest BCUT2D eigenvalue weighted by Gasteiger charge is 2.18. The molecule has 2 aliphatic heterocycles. The zero-order valence-electron chi connectivity index (χ0n) is 13.7. The third-order valence-corrected chi connectivity index (χ3v) is 4.10. The van der Waals surface area contributed by atoms with Gasteiger partial charge in [0.15, 0.2) is 6.29 Å². The summed E-state index contributed by atoms with van der Waals surface area (Å²) in [6.45, 7) is 6.10. The van der Waals surface area contributed by atoms with Crippen molar-refractivity contribution >= 4 is 11.5 Å². The summed E-state index contributed by atoms with van der Waals surface area (Å²) < 4.78 is 16.3. The van der Waals surface area contributed by atoms with E-state index in [1.807, 2.05) is 12.1 Å². The van der Waals surface area contributed by atoms with Crippen molar-refractivity contribution < 1.29 is 19.3 Å². The lowest BCUT2D eigenvalue weighted by Crippen LogP contribution is -2.43. The van der Waals surface area contributed by atoms with Crippen LogP contribution >= 0.6 is 0 Å². The first-order valence-electron chi connectivity index (χ1n) is 8.21. The SMILES string of the molecule is NNc1cc(N2CCOCC2)cc(OCCN2CCOC(O)C2)n1. The van der Waals surface area contributed by atoms with Crippen LogP contribution in [0.25, 0.3) is 0 Å². The predicted molar refractivity (Wildman–Crippen MR) is 89.0 cm³/mol. The van der Waals surface area contributed by atoms with Crippen LogP contribution in [-0.4, -0.2) is 80.4 Å². The van der Waals surface area contributed by atoms with Gasteiger partial charge in [-0.05, 0) is 0 Å². The Morgan fingerprint density at radius 1 is 1.29 bits per heavy atom. The van der Waals surface area contributed by atoms with Crippen LogP contribution in [-0.2, 0) is 9.47 Å². The van der Waals surface area contributed by atoms with Crippen LogP contribution in [0.2, 0.25) is 0 Å². The summed E-state index contributed by atoms with van der Waals surface area (Å²) in [5.41, 5.74) is 3.60. The second-order valence-corrected chi connectivity index (χ2v) is 5.77. The smallest absolute Gasteiger partial charge is 0.217 e. The van der Waals surface area contributed by atoms with Crippen molar-refractivity contribution in [2.45, 2.75) is 6.29 Å². The van der Waals surface area contributed by atoms with E-state index in [4.69, 9.17) is 20.1 Å². The number of hydrogen-bond donors (Lipinski definition) is 3. The first kappa shape index (κ1) is 17.2. The zero-order chi connectivity index (χ0) is 16.8. The van der Waals surface area contributed by atoms with E-state index >= 15 is 0 Å². The Hall–Kier alpha value is -1.65. The Kier molecular flexibility index (Phi) is 6.05. The molecule has 0 aromatic carbocycles. The lowest BCUT2D eigenvalue weighted by molar-refractivity contribution is -0.146. The minimum atomic E-state index is -0.713. The second-order valence-electron chi connectivity index (χ2n) is 5.77. The normalized spacial score (nSPS) is 22.4. The third-order valence-electron chi connectivity index (χ3n) is 4.10. The number of pyridine rings is 1. The van der Waals surface area contributed by atoms with Gasteiger partial charge in [-0.1, -0.05) is 0 Å². The van der Waals surface area contributed by atoms with Gasteiger partial charge in [0.05, 0.1) is 19.8 Å². The molecule has 3 rings (SSSR count). The summed E-state index contributed by atoms with van der Waals surface area (Å²) in [7, 11) is 0. The van der Waals surface area contributed by atoms with Crippen molar-refractivity contribution in [2.75, 3.05) is 69.5 Å². The number of anilines is 2. The van der Waals surface area contributed by atoms with Gasteiger partial charge >= 0.3 is 0 Å². The molecule has 1 aromatic heterocycles. The summed E-state index contributed by atoms with van der Waals surface area (Å²) in [4.78, 5) is 8.65. The first-order chi connectivity index (χ1) is 11.7. The number of aliphatic hydroxyl groups excluding tert-OH is 1. The van der Waals surface area contributed by atoms with Gasteiger partial charge < -0.3 is 29.6 Å². The van der Waals surface area contributed by atoms with Gasteiger partial charge in [-0.25, -0.2) is 5.84 Å². The van der Waals surface area contributed by atoms with Crippen molar-refractivity contribution in [2.24, 2.45) is 5.84 Å². The van der Waals surface area contributed by atoms with Gasteiger partial charge in [-0.2, -0.15) is 4.98 Å².